The van der Waals surface area contributed by atoms with E-state index in [-0.39, 0.29) is 5.91 Å². The molecule has 30 heavy (non-hydrogen) atoms. The molecule has 0 atom stereocenters. The van der Waals surface area contributed by atoms with Gasteiger partial charge in [0.25, 0.3) is 5.91 Å². The van der Waals surface area contributed by atoms with Gasteiger partial charge in [-0.1, -0.05) is 18.2 Å². The standard InChI is InChI=1S/C22H20F3N3O2/c23-22(24,25)18-5-2-15(3-6-18)16-4-7-20-17(12-16)14-28(10-11-30-20)21(29)19-13-26-8-1-9-27-19/h2-8,12-13,27H,1,9-11,14H2. The van der Waals surface area contributed by atoms with Gasteiger partial charge in [0, 0.05) is 31.3 Å². The van der Waals surface area contributed by atoms with Crippen LogP contribution in [0.5, 0.6) is 5.75 Å². The Bertz CT molecular complexity index is 998. The van der Waals surface area contributed by atoms with Gasteiger partial charge in [0.2, 0.25) is 0 Å². The number of halogens is 3. The van der Waals surface area contributed by atoms with E-state index in [2.05, 4.69) is 10.3 Å². The molecule has 1 amide bonds. The fourth-order valence-electron chi connectivity index (χ4n) is 3.42. The highest BCUT2D eigenvalue weighted by Gasteiger charge is 2.30. The number of aliphatic imine (C=N–C) groups is 1. The first-order valence-corrected chi connectivity index (χ1v) is 9.60. The molecule has 5 nitrogen and oxygen atoms in total. The van der Waals surface area contributed by atoms with E-state index in [1.807, 2.05) is 12.1 Å². The van der Waals surface area contributed by atoms with E-state index in [0.717, 1.165) is 29.7 Å². The summed E-state index contributed by atoms with van der Waals surface area (Å²) in [4.78, 5) is 18.7. The van der Waals surface area contributed by atoms with E-state index in [1.165, 1.54) is 18.3 Å². The SMILES string of the molecule is O=C(C1=CN=CCCN1)N1CCOc2ccc(-c3ccc(C(F)(F)F)cc3)cc2C1. The van der Waals surface area contributed by atoms with E-state index < -0.39 is 11.7 Å². The highest BCUT2D eigenvalue weighted by Crippen LogP contribution is 2.33. The van der Waals surface area contributed by atoms with Gasteiger partial charge in [0.15, 0.2) is 0 Å². The highest BCUT2D eigenvalue weighted by atomic mass is 19.4. The van der Waals surface area contributed by atoms with Crippen molar-refractivity contribution in [2.45, 2.75) is 19.1 Å². The van der Waals surface area contributed by atoms with Crippen molar-refractivity contribution >= 4 is 12.1 Å². The van der Waals surface area contributed by atoms with Crippen LogP contribution in [0.4, 0.5) is 13.2 Å². The van der Waals surface area contributed by atoms with Crippen molar-refractivity contribution < 1.29 is 22.7 Å². The molecule has 0 radical (unpaired) electrons. The number of amides is 1. The predicted molar refractivity (Wildman–Crippen MR) is 107 cm³/mol. The Hall–Kier alpha value is -3.29. The second-order valence-electron chi connectivity index (χ2n) is 7.06. The molecule has 4 rings (SSSR count). The maximum atomic E-state index is 12.9. The second kappa shape index (κ2) is 8.22. The summed E-state index contributed by atoms with van der Waals surface area (Å²) in [5.74, 6) is 0.507. The fraction of sp³-hybridized carbons (Fsp3) is 0.273. The molecule has 2 aliphatic heterocycles. The van der Waals surface area contributed by atoms with Crippen LogP contribution in [0.25, 0.3) is 11.1 Å². The predicted octanol–water partition coefficient (Wildman–Crippen LogP) is 4.00. The fourth-order valence-corrected chi connectivity index (χ4v) is 3.42. The van der Waals surface area contributed by atoms with Crippen LogP contribution in [0.3, 0.4) is 0 Å². The van der Waals surface area contributed by atoms with E-state index in [0.29, 0.717) is 43.3 Å². The highest BCUT2D eigenvalue weighted by molar-refractivity contribution is 5.93. The van der Waals surface area contributed by atoms with Crippen LogP contribution in [0.1, 0.15) is 17.5 Å². The van der Waals surface area contributed by atoms with E-state index in [4.69, 9.17) is 4.74 Å². The Balaban J connectivity index is 1.58. The summed E-state index contributed by atoms with van der Waals surface area (Å²) in [6.07, 6.45) is -0.341. The monoisotopic (exact) mass is 415 g/mol. The number of nitrogens with one attached hydrogen (secondary N) is 1. The van der Waals surface area contributed by atoms with Crippen molar-refractivity contribution in [1.82, 2.24) is 10.2 Å². The number of rotatable bonds is 2. The second-order valence-corrected chi connectivity index (χ2v) is 7.06. The number of benzene rings is 2. The lowest BCUT2D eigenvalue weighted by atomic mass is 10.0. The summed E-state index contributed by atoms with van der Waals surface area (Å²) in [6.45, 7) is 1.76. The number of carbonyl (C=O) groups excluding carboxylic acids is 1. The third-order valence-electron chi connectivity index (χ3n) is 5.00. The lowest BCUT2D eigenvalue weighted by Crippen LogP contribution is -2.37. The zero-order valence-corrected chi connectivity index (χ0v) is 16.1. The van der Waals surface area contributed by atoms with Gasteiger partial charge in [0.1, 0.15) is 18.1 Å². The van der Waals surface area contributed by atoms with Gasteiger partial charge in [0.05, 0.1) is 18.3 Å². The summed E-state index contributed by atoms with van der Waals surface area (Å²) < 4.78 is 44.2. The van der Waals surface area contributed by atoms with Crippen molar-refractivity contribution in [2.24, 2.45) is 4.99 Å². The number of hydrogen-bond donors (Lipinski definition) is 1. The zero-order valence-electron chi connectivity index (χ0n) is 16.1. The van der Waals surface area contributed by atoms with Crippen LogP contribution in [0, 0.1) is 0 Å². The maximum Gasteiger partial charge on any atom is 0.416 e. The van der Waals surface area contributed by atoms with Crippen molar-refractivity contribution in [1.29, 1.82) is 0 Å². The number of carbonyl (C=O) groups is 1. The molecule has 8 heteroatoms. The summed E-state index contributed by atoms with van der Waals surface area (Å²) >= 11 is 0. The minimum atomic E-state index is -4.37. The van der Waals surface area contributed by atoms with Gasteiger partial charge < -0.3 is 15.0 Å². The molecule has 0 spiro atoms. The Morgan fingerprint density at radius 1 is 1.10 bits per heavy atom. The molecular weight excluding hydrogens is 395 g/mol. The summed E-state index contributed by atoms with van der Waals surface area (Å²) in [7, 11) is 0. The Morgan fingerprint density at radius 3 is 2.63 bits per heavy atom. The van der Waals surface area contributed by atoms with Crippen LogP contribution in [0.15, 0.2) is 59.4 Å². The zero-order chi connectivity index (χ0) is 21.1. The van der Waals surface area contributed by atoms with Crippen molar-refractivity contribution in [3.8, 4) is 16.9 Å². The summed E-state index contributed by atoms with van der Waals surface area (Å²) in [5, 5.41) is 3.09. The van der Waals surface area contributed by atoms with Gasteiger partial charge in [-0.3, -0.25) is 9.79 Å². The molecule has 1 N–H and O–H groups in total. The van der Waals surface area contributed by atoms with Crippen LogP contribution < -0.4 is 10.1 Å². The van der Waals surface area contributed by atoms with E-state index in [1.54, 1.807) is 17.2 Å². The maximum absolute atomic E-state index is 12.9. The average molecular weight is 415 g/mol. The van der Waals surface area contributed by atoms with E-state index in [9.17, 15) is 18.0 Å². The number of fused-ring (bicyclic) bond motifs is 1. The Kier molecular flexibility index (Phi) is 5.48. The van der Waals surface area contributed by atoms with Crippen LogP contribution in [-0.4, -0.2) is 36.7 Å². The van der Waals surface area contributed by atoms with Gasteiger partial charge in [-0.25, -0.2) is 0 Å². The Labute approximate surface area is 171 Å². The molecule has 2 aliphatic rings. The molecule has 156 valence electrons. The molecule has 2 aromatic carbocycles. The van der Waals surface area contributed by atoms with Crippen LogP contribution in [0.2, 0.25) is 0 Å². The van der Waals surface area contributed by atoms with Crippen LogP contribution >= 0.6 is 0 Å². The van der Waals surface area contributed by atoms with Crippen molar-refractivity contribution in [3.05, 3.63) is 65.5 Å². The smallest absolute Gasteiger partial charge is 0.416 e. The third-order valence-corrected chi connectivity index (χ3v) is 5.00. The molecule has 0 fully saturated rings. The van der Waals surface area contributed by atoms with Crippen molar-refractivity contribution in [2.75, 3.05) is 19.7 Å². The molecule has 0 saturated heterocycles. The van der Waals surface area contributed by atoms with Gasteiger partial charge in [-0.15, -0.1) is 0 Å². The molecule has 0 aromatic heterocycles. The molecule has 0 saturated carbocycles. The lowest BCUT2D eigenvalue weighted by Gasteiger charge is -2.21. The molecule has 0 aliphatic carbocycles. The first kappa shape index (κ1) is 20.0. The third kappa shape index (κ3) is 4.32. The molecule has 0 unspecified atom stereocenters. The lowest BCUT2D eigenvalue weighted by molar-refractivity contribution is -0.137. The van der Waals surface area contributed by atoms with Gasteiger partial charge >= 0.3 is 6.18 Å². The van der Waals surface area contributed by atoms with E-state index >= 15 is 0 Å². The first-order valence-electron chi connectivity index (χ1n) is 9.60. The summed E-state index contributed by atoms with van der Waals surface area (Å²) in [6, 6.07) is 10.5. The minimum Gasteiger partial charge on any atom is -0.491 e. The number of alkyl halides is 3. The number of ether oxygens (including phenoxy) is 1. The van der Waals surface area contributed by atoms with Crippen LogP contribution in [-0.2, 0) is 17.5 Å². The van der Waals surface area contributed by atoms with Gasteiger partial charge in [-0.2, -0.15) is 13.2 Å². The quantitative estimate of drug-likeness (QED) is 0.807. The number of hydrogen-bond acceptors (Lipinski definition) is 4. The minimum absolute atomic E-state index is 0.162. The number of nitrogens with zero attached hydrogens (tertiary/aromatic N) is 2. The average Bonchev–Trinajstić information content (AvgIpc) is 3.13. The largest absolute Gasteiger partial charge is 0.491 e. The molecule has 2 heterocycles. The van der Waals surface area contributed by atoms with Crippen molar-refractivity contribution in [3.63, 3.8) is 0 Å². The molecule has 0 bridgehead atoms. The Morgan fingerprint density at radius 2 is 1.87 bits per heavy atom. The topological polar surface area (TPSA) is 53.9 Å². The summed E-state index contributed by atoms with van der Waals surface area (Å²) in [5.41, 5.74) is 1.97. The molecular formula is C22H20F3N3O2. The first-order chi connectivity index (χ1) is 14.4. The molecule has 2 aromatic rings. The van der Waals surface area contributed by atoms with Gasteiger partial charge in [-0.05, 0) is 35.4 Å². The normalized spacial score (nSPS) is 16.5.